The average molecular weight is 201 g/mol. The molecule has 0 aromatic rings. The second-order valence-electron chi connectivity index (χ2n) is 2.49. The van der Waals surface area contributed by atoms with Gasteiger partial charge in [-0.2, -0.15) is 5.26 Å². The molecule has 14 heavy (non-hydrogen) atoms. The lowest BCUT2D eigenvalue weighted by Crippen LogP contribution is -2.30. The van der Waals surface area contributed by atoms with Crippen molar-refractivity contribution >= 4 is 17.9 Å². The zero-order chi connectivity index (χ0) is 11.3. The van der Waals surface area contributed by atoms with E-state index in [1.165, 1.54) is 6.07 Å². The van der Waals surface area contributed by atoms with Crippen LogP contribution in [-0.4, -0.2) is 33.2 Å². The maximum Gasteiger partial charge on any atom is 0.321 e. The van der Waals surface area contributed by atoms with Crippen molar-refractivity contribution < 1.29 is 29.7 Å². The van der Waals surface area contributed by atoms with Gasteiger partial charge >= 0.3 is 17.9 Å². The van der Waals surface area contributed by atoms with Gasteiger partial charge in [-0.15, -0.1) is 0 Å². The molecule has 7 nitrogen and oxygen atoms in total. The summed E-state index contributed by atoms with van der Waals surface area (Å²) in [6.07, 6.45) is -0.889. The molecular weight excluding hydrogens is 194 g/mol. The van der Waals surface area contributed by atoms with E-state index in [-0.39, 0.29) is 0 Å². The first kappa shape index (κ1) is 11.9. The quantitative estimate of drug-likeness (QED) is 0.539. The monoisotopic (exact) mass is 201 g/mol. The van der Waals surface area contributed by atoms with Crippen molar-refractivity contribution in [1.29, 1.82) is 5.26 Å². The topological polar surface area (TPSA) is 136 Å². The van der Waals surface area contributed by atoms with E-state index >= 15 is 0 Å². The molecule has 0 aromatic heterocycles. The Morgan fingerprint density at radius 3 is 1.86 bits per heavy atom. The van der Waals surface area contributed by atoms with Gasteiger partial charge < -0.3 is 15.3 Å². The van der Waals surface area contributed by atoms with Crippen molar-refractivity contribution in [2.24, 2.45) is 11.8 Å². The summed E-state index contributed by atoms with van der Waals surface area (Å²) in [5.74, 6) is -8.28. The van der Waals surface area contributed by atoms with Crippen LogP contribution < -0.4 is 0 Å². The first-order chi connectivity index (χ1) is 6.40. The van der Waals surface area contributed by atoms with Crippen molar-refractivity contribution in [2.45, 2.75) is 6.42 Å². The van der Waals surface area contributed by atoms with E-state index in [2.05, 4.69) is 0 Å². The predicted molar refractivity (Wildman–Crippen MR) is 40.1 cm³/mol. The van der Waals surface area contributed by atoms with Crippen molar-refractivity contribution in [2.75, 3.05) is 0 Å². The fourth-order valence-electron chi connectivity index (χ4n) is 0.853. The minimum Gasteiger partial charge on any atom is -0.481 e. The van der Waals surface area contributed by atoms with Gasteiger partial charge in [0, 0.05) is 0 Å². The lowest BCUT2D eigenvalue weighted by atomic mass is 9.91. The molecule has 0 aliphatic carbocycles. The summed E-state index contributed by atoms with van der Waals surface area (Å²) >= 11 is 0. The Balaban J connectivity index is 4.81. The highest BCUT2D eigenvalue weighted by Gasteiger charge is 2.35. The number of nitriles is 1. The van der Waals surface area contributed by atoms with Gasteiger partial charge in [-0.05, 0) is 0 Å². The molecule has 0 aliphatic heterocycles. The van der Waals surface area contributed by atoms with E-state index in [0.29, 0.717) is 0 Å². The average Bonchev–Trinajstić information content (AvgIpc) is 2.02. The molecule has 2 unspecified atom stereocenters. The van der Waals surface area contributed by atoms with Gasteiger partial charge in [-0.25, -0.2) is 0 Å². The Bertz CT molecular complexity index is 304. The summed E-state index contributed by atoms with van der Waals surface area (Å²) in [6.45, 7) is 0. The van der Waals surface area contributed by atoms with Gasteiger partial charge in [-0.3, -0.25) is 14.4 Å². The van der Waals surface area contributed by atoms with Gasteiger partial charge in [0.25, 0.3) is 0 Å². The van der Waals surface area contributed by atoms with E-state index < -0.39 is 36.2 Å². The van der Waals surface area contributed by atoms with Crippen molar-refractivity contribution in [3.8, 4) is 6.07 Å². The molecule has 0 saturated carbocycles. The molecule has 0 aromatic carbocycles. The summed E-state index contributed by atoms with van der Waals surface area (Å²) in [5, 5.41) is 33.6. The standard InChI is InChI=1S/C7H7NO6/c8-2-4(7(13)14)3(6(11)12)1-5(9)10/h3-4H,1H2,(H,9,10)(H,11,12)(H,13,14). The van der Waals surface area contributed by atoms with Gasteiger partial charge in [0.15, 0.2) is 5.92 Å². The highest BCUT2D eigenvalue weighted by molar-refractivity contribution is 5.85. The van der Waals surface area contributed by atoms with Crippen LogP contribution in [0.2, 0.25) is 0 Å². The van der Waals surface area contributed by atoms with E-state index in [0.717, 1.165) is 0 Å². The lowest BCUT2D eigenvalue weighted by Gasteiger charge is -2.11. The number of carboxylic acids is 3. The van der Waals surface area contributed by atoms with Gasteiger partial charge in [0.2, 0.25) is 0 Å². The normalized spacial score (nSPS) is 13.6. The zero-order valence-corrected chi connectivity index (χ0v) is 6.88. The van der Waals surface area contributed by atoms with Crippen LogP contribution in [0.1, 0.15) is 6.42 Å². The van der Waals surface area contributed by atoms with Gasteiger partial charge in [0.1, 0.15) is 0 Å². The van der Waals surface area contributed by atoms with E-state index in [1.807, 2.05) is 0 Å². The third-order valence-electron chi connectivity index (χ3n) is 1.52. The molecule has 76 valence electrons. The van der Waals surface area contributed by atoms with Crippen molar-refractivity contribution in [3.05, 3.63) is 0 Å². The van der Waals surface area contributed by atoms with Crippen LogP contribution >= 0.6 is 0 Å². The van der Waals surface area contributed by atoms with Crippen LogP contribution in [0.5, 0.6) is 0 Å². The van der Waals surface area contributed by atoms with Crippen LogP contribution in [0.15, 0.2) is 0 Å². The molecule has 0 fully saturated rings. The predicted octanol–water partition coefficient (Wildman–Crippen LogP) is -0.614. The number of rotatable bonds is 5. The number of carboxylic acid groups (broad SMARTS) is 3. The van der Waals surface area contributed by atoms with E-state index in [1.54, 1.807) is 0 Å². The smallest absolute Gasteiger partial charge is 0.321 e. The third-order valence-corrected chi connectivity index (χ3v) is 1.52. The SMILES string of the molecule is N#CC(C(=O)O)C(CC(=O)O)C(=O)O. The Kier molecular flexibility index (Phi) is 4.09. The van der Waals surface area contributed by atoms with E-state index in [4.69, 9.17) is 20.6 Å². The molecule has 0 spiro atoms. The minimum absolute atomic E-state index is 0.889. The molecular formula is C7H7NO6. The number of hydrogen-bond donors (Lipinski definition) is 3. The molecule has 2 atom stereocenters. The number of aliphatic carboxylic acids is 3. The second kappa shape index (κ2) is 4.81. The third kappa shape index (κ3) is 3.10. The van der Waals surface area contributed by atoms with Crippen LogP contribution in [0.4, 0.5) is 0 Å². The Hall–Kier alpha value is -2.10. The Morgan fingerprint density at radius 2 is 1.64 bits per heavy atom. The molecule has 0 amide bonds. The maximum atomic E-state index is 10.5. The molecule has 7 heteroatoms. The number of hydrogen-bond acceptors (Lipinski definition) is 4. The van der Waals surface area contributed by atoms with E-state index in [9.17, 15) is 14.4 Å². The summed E-state index contributed by atoms with van der Waals surface area (Å²) in [4.78, 5) is 31.0. The van der Waals surface area contributed by atoms with Crippen LogP contribution in [0.3, 0.4) is 0 Å². The summed E-state index contributed by atoms with van der Waals surface area (Å²) in [6, 6.07) is 1.24. The summed E-state index contributed by atoms with van der Waals surface area (Å²) in [7, 11) is 0. The fourth-order valence-corrected chi connectivity index (χ4v) is 0.853. The van der Waals surface area contributed by atoms with Crippen LogP contribution in [0, 0.1) is 23.2 Å². The fraction of sp³-hybridized carbons (Fsp3) is 0.429. The zero-order valence-electron chi connectivity index (χ0n) is 6.88. The first-order valence-corrected chi connectivity index (χ1v) is 3.47. The molecule has 0 saturated heterocycles. The molecule has 0 rings (SSSR count). The lowest BCUT2D eigenvalue weighted by molar-refractivity contribution is -0.155. The minimum atomic E-state index is -1.84. The number of nitrogens with zero attached hydrogens (tertiary/aromatic N) is 1. The van der Waals surface area contributed by atoms with Gasteiger partial charge in [0.05, 0.1) is 18.4 Å². The van der Waals surface area contributed by atoms with Crippen LogP contribution in [0.25, 0.3) is 0 Å². The first-order valence-electron chi connectivity index (χ1n) is 3.47. The van der Waals surface area contributed by atoms with Gasteiger partial charge in [-0.1, -0.05) is 0 Å². The Morgan fingerprint density at radius 1 is 1.14 bits per heavy atom. The summed E-state index contributed by atoms with van der Waals surface area (Å²) < 4.78 is 0. The summed E-state index contributed by atoms with van der Waals surface area (Å²) in [5.41, 5.74) is 0. The molecule has 0 bridgehead atoms. The molecule has 3 N–H and O–H groups in total. The van der Waals surface area contributed by atoms with Crippen molar-refractivity contribution in [3.63, 3.8) is 0 Å². The largest absolute Gasteiger partial charge is 0.481 e. The van der Waals surface area contributed by atoms with Crippen molar-refractivity contribution in [1.82, 2.24) is 0 Å². The molecule has 0 radical (unpaired) electrons. The Labute approximate surface area is 78.2 Å². The highest BCUT2D eigenvalue weighted by Crippen LogP contribution is 2.16. The molecule has 0 heterocycles. The second-order valence-corrected chi connectivity index (χ2v) is 2.49. The van der Waals surface area contributed by atoms with Crippen LogP contribution in [-0.2, 0) is 14.4 Å². The number of carbonyl (C=O) groups is 3. The highest BCUT2D eigenvalue weighted by atomic mass is 16.4. The molecule has 0 aliphatic rings. The maximum absolute atomic E-state index is 10.5.